The van der Waals surface area contributed by atoms with Crippen molar-refractivity contribution in [2.45, 2.75) is 26.2 Å². The van der Waals surface area contributed by atoms with Gasteiger partial charge in [0.1, 0.15) is 5.78 Å². The Kier molecular flexibility index (Phi) is 6.28. The van der Waals surface area contributed by atoms with Crippen LogP contribution < -0.4 is 5.32 Å². The second-order valence-electron chi connectivity index (χ2n) is 2.66. The zero-order valence-corrected chi connectivity index (χ0v) is 7.30. The van der Waals surface area contributed by atoms with Crippen LogP contribution in [0.3, 0.4) is 0 Å². The highest BCUT2D eigenvalue weighted by Gasteiger charge is 2.02. The quantitative estimate of drug-likeness (QED) is 0.434. The van der Waals surface area contributed by atoms with E-state index in [1.807, 2.05) is 0 Å². The van der Waals surface area contributed by atoms with Crippen LogP contribution in [-0.2, 0) is 9.59 Å². The Morgan fingerprint density at radius 1 is 1.33 bits per heavy atom. The zero-order valence-electron chi connectivity index (χ0n) is 7.30. The highest BCUT2D eigenvalue weighted by Crippen LogP contribution is 1.86. The van der Waals surface area contributed by atoms with Gasteiger partial charge in [0.2, 0.25) is 5.91 Å². The third-order valence-electron chi connectivity index (χ3n) is 1.32. The number of amides is 1. The van der Waals surface area contributed by atoms with Crippen molar-refractivity contribution in [2.75, 3.05) is 13.2 Å². The summed E-state index contributed by atoms with van der Waals surface area (Å²) in [5.74, 6) is -0.366. The summed E-state index contributed by atoms with van der Waals surface area (Å²) in [6.07, 6.45) is 1.39. The second kappa shape index (κ2) is 6.79. The third kappa shape index (κ3) is 7.21. The summed E-state index contributed by atoms with van der Waals surface area (Å²) >= 11 is 0. The van der Waals surface area contributed by atoms with Gasteiger partial charge in [-0.2, -0.15) is 0 Å². The molecule has 0 bridgehead atoms. The lowest BCUT2D eigenvalue weighted by atomic mass is 10.3. The number of rotatable bonds is 6. The average molecular weight is 173 g/mol. The molecule has 0 rings (SSSR count). The Morgan fingerprint density at radius 2 is 2.00 bits per heavy atom. The molecule has 0 aliphatic carbocycles. The van der Waals surface area contributed by atoms with Crippen molar-refractivity contribution in [3.05, 3.63) is 0 Å². The Morgan fingerprint density at radius 3 is 2.50 bits per heavy atom. The van der Waals surface area contributed by atoms with Gasteiger partial charge in [-0.05, 0) is 19.8 Å². The van der Waals surface area contributed by atoms with Gasteiger partial charge in [0.05, 0.1) is 6.42 Å². The maximum atomic E-state index is 10.8. The number of Topliss-reactive ketones (excluding diaryl/α,β-unsaturated/α-hetero) is 1. The second-order valence-corrected chi connectivity index (χ2v) is 2.66. The fourth-order valence-electron chi connectivity index (χ4n) is 0.753. The summed E-state index contributed by atoms with van der Waals surface area (Å²) in [6, 6.07) is 0. The molecule has 0 fully saturated rings. The van der Waals surface area contributed by atoms with Gasteiger partial charge in [0.15, 0.2) is 0 Å². The Hall–Kier alpha value is -0.900. The summed E-state index contributed by atoms with van der Waals surface area (Å²) < 4.78 is 0. The van der Waals surface area contributed by atoms with E-state index in [0.717, 1.165) is 6.42 Å². The summed E-state index contributed by atoms with van der Waals surface area (Å²) in [5.41, 5.74) is 0. The molecule has 0 aromatic carbocycles. The predicted molar refractivity (Wildman–Crippen MR) is 44.6 cm³/mol. The van der Waals surface area contributed by atoms with Gasteiger partial charge in [0, 0.05) is 13.2 Å². The lowest BCUT2D eigenvalue weighted by molar-refractivity contribution is -0.127. The van der Waals surface area contributed by atoms with Crippen LogP contribution >= 0.6 is 0 Å². The molecule has 0 aliphatic rings. The standard InChI is InChI=1S/C8H15NO3/c1-7(11)6-8(12)9-4-2-3-5-10/h10H,2-6H2,1H3,(H,9,12). The molecule has 0 aliphatic heterocycles. The molecule has 70 valence electrons. The third-order valence-corrected chi connectivity index (χ3v) is 1.32. The fraction of sp³-hybridized carbons (Fsp3) is 0.750. The van der Waals surface area contributed by atoms with Gasteiger partial charge in [-0.25, -0.2) is 0 Å². The molecular formula is C8H15NO3. The molecule has 2 N–H and O–H groups in total. The molecule has 0 radical (unpaired) electrons. The summed E-state index contributed by atoms with van der Waals surface area (Å²) in [7, 11) is 0. The minimum Gasteiger partial charge on any atom is -0.396 e. The number of hydrogen-bond acceptors (Lipinski definition) is 3. The van der Waals surface area contributed by atoms with E-state index in [1.165, 1.54) is 6.92 Å². The number of carbonyl (C=O) groups excluding carboxylic acids is 2. The Bertz CT molecular complexity index is 156. The van der Waals surface area contributed by atoms with Crippen LogP contribution in [0.15, 0.2) is 0 Å². The van der Waals surface area contributed by atoms with Crippen molar-refractivity contribution in [2.24, 2.45) is 0 Å². The molecular weight excluding hydrogens is 158 g/mol. The van der Waals surface area contributed by atoms with Gasteiger partial charge >= 0.3 is 0 Å². The number of aliphatic hydroxyl groups excluding tert-OH is 1. The summed E-state index contributed by atoms with van der Waals surface area (Å²) in [4.78, 5) is 21.3. The lowest BCUT2D eigenvalue weighted by Crippen LogP contribution is -2.26. The monoisotopic (exact) mass is 173 g/mol. The molecule has 0 saturated heterocycles. The van der Waals surface area contributed by atoms with Gasteiger partial charge in [-0.3, -0.25) is 9.59 Å². The van der Waals surface area contributed by atoms with Gasteiger partial charge in [0.25, 0.3) is 0 Å². The van der Waals surface area contributed by atoms with Crippen molar-refractivity contribution in [1.29, 1.82) is 0 Å². The van der Waals surface area contributed by atoms with Crippen molar-refractivity contribution < 1.29 is 14.7 Å². The van der Waals surface area contributed by atoms with Crippen LogP contribution in [0.1, 0.15) is 26.2 Å². The van der Waals surface area contributed by atoms with E-state index in [9.17, 15) is 9.59 Å². The highest BCUT2D eigenvalue weighted by molar-refractivity contribution is 5.96. The lowest BCUT2D eigenvalue weighted by Gasteiger charge is -2.01. The van der Waals surface area contributed by atoms with Crippen LogP contribution in [0.2, 0.25) is 0 Å². The van der Waals surface area contributed by atoms with Crippen LogP contribution in [0, 0.1) is 0 Å². The Balaban J connectivity index is 3.26. The van der Waals surface area contributed by atoms with E-state index in [4.69, 9.17) is 5.11 Å². The molecule has 0 spiro atoms. The van der Waals surface area contributed by atoms with Crippen LogP contribution in [0.4, 0.5) is 0 Å². The first-order valence-corrected chi connectivity index (χ1v) is 4.04. The SMILES string of the molecule is CC(=O)CC(=O)NCCCCO. The van der Waals surface area contributed by atoms with E-state index in [0.29, 0.717) is 13.0 Å². The van der Waals surface area contributed by atoms with Crippen molar-refractivity contribution >= 4 is 11.7 Å². The minimum atomic E-state index is -0.236. The van der Waals surface area contributed by atoms with Gasteiger partial charge in [-0.15, -0.1) is 0 Å². The number of carbonyl (C=O) groups is 2. The van der Waals surface area contributed by atoms with Crippen molar-refractivity contribution in [3.63, 3.8) is 0 Å². The largest absolute Gasteiger partial charge is 0.396 e. The van der Waals surface area contributed by atoms with Crippen molar-refractivity contribution in [3.8, 4) is 0 Å². The van der Waals surface area contributed by atoms with E-state index < -0.39 is 0 Å². The van der Waals surface area contributed by atoms with Gasteiger partial charge in [-0.1, -0.05) is 0 Å². The summed E-state index contributed by atoms with van der Waals surface area (Å²) in [5, 5.41) is 11.0. The smallest absolute Gasteiger partial charge is 0.227 e. The van der Waals surface area contributed by atoms with E-state index in [-0.39, 0.29) is 24.7 Å². The maximum Gasteiger partial charge on any atom is 0.227 e. The molecule has 0 atom stereocenters. The van der Waals surface area contributed by atoms with E-state index in [2.05, 4.69) is 5.32 Å². The van der Waals surface area contributed by atoms with Gasteiger partial charge < -0.3 is 10.4 Å². The number of hydrogen-bond donors (Lipinski definition) is 2. The molecule has 0 unspecified atom stereocenters. The molecule has 0 aromatic heterocycles. The predicted octanol–water partition coefficient (Wildman–Crippen LogP) is -0.146. The summed E-state index contributed by atoms with van der Waals surface area (Å²) in [6.45, 7) is 2.06. The van der Waals surface area contributed by atoms with Crippen molar-refractivity contribution in [1.82, 2.24) is 5.32 Å². The number of aliphatic hydroxyl groups is 1. The Labute approximate surface area is 72.0 Å². The van der Waals surface area contributed by atoms with E-state index >= 15 is 0 Å². The topological polar surface area (TPSA) is 66.4 Å². The highest BCUT2D eigenvalue weighted by atomic mass is 16.3. The van der Waals surface area contributed by atoms with E-state index in [1.54, 1.807) is 0 Å². The molecule has 0 heterocycles. The number of ketones is 1. The maximum absolute atomic E-state index is 10.8. The molecule has 0 aromatic rings. The molecule has 1 amide bonds. The van der Waals surface area contributed by atoms with Crippen LogP contribution in [0.5, 0.6) is 0 Å². The first-order chi connectivity index (χ1) is 5.66. The molecule has 4 heteroatoms. The molecule has 4 nitrogen and oxygen atoms in total. The first kappa shape index (κ1) is 11.1. The first-order valence-electron chi connectivity index (χ1n) is 4.04. The molecule has 12 heavy (non-hydrogen) atoms. The minimum absolute atomic E-state index is 0.0425. The zero-order chi connectivity index (χ0) is 9.40. The van der Waals surface area contributed by atoms with Crippen LogP contribution in [0.25, 0.3) is 0 Å². The fourth-order valence-corrected chi connectivity index (χ4v) is 0.753. The number of nitrogens with one attached hydrogen (secondary N) is 1. The van der Waals surface area contributed by atoms with Crippen LogP contribution in [-0.4, -0.2) is 29.9 Å². The average Bonchev–Trinajstić information content (AvgIpc) is 1.97. The number of unbranched alkanes of at least 4 members (excludes halogenated alkanes) is 1. The normalized spacial score (nSPS) is 9.50. The molecule has 0 saturated carbocycles.